The third-order valence-corrected chi connectivity index (χ3v) is 7.41. The van der Waals surface area contributed by atoms with E-state index in [2.05, 4.69) is 0 Å². The van der Waals surface area contributed by atoms with E-state index in [9.17, 15) is 13.2 Å². The van der Waals surface area contributed by atoms with Gasteiger partial charge in [-0.05, 0) is 48.2 Å². The third-order valence-electron chi connectivity index (χ3n) is 5.57. The van der Waals surface area contributed by atoms with Crippen molar-refractivity contribution in [2.24, 2.45) is 0 Å². The molecule has 0 amide bonds. The minimum Gasteiger partial charge on any atom is -0.489 e. The van der Waals surface area contributed by atoms with Crippen LogP contribution in [-0.2, 0) is 39.3 Å². The summed E-state index contributed by atoms with van der Waals surface area (Å²) in [6, 6.07) is 24.5. The Hall–Kier alpha value is -3.36. The number of carbonyl (C=O) groups is 1. The third kappa shape index (κ3) is 5.58. The fraction of sp³-hybridized carbons (Fsp3) is 0.269. The van der Waals surface area contributed by atoms with Crippen LogP contribution in [0, 0.1) is 0 Å². The fourth-order valence-corrected chi connectivity index (χ4v) is 5.54. The zero-order valence-electron chi connectivity index (χ0n) is 19.1. The van der Waals surface area contributed by atoms with Crippen molar-refractivity contribution in [1.29, 1.82) is 0 Å². The first-order valence-corrected chi connectivity index (χ1v) is 12.6. The Labute approximate surface area is 200 Å². The summed E-state index contributed by atoms with van der Waals surface area (Å²) in [7, 11) is -3.97. The van der Waals surface area contributed by atoms with E-state index in [-0.39, 0.29) is 19.7 Å². The van der Waals surface area contributed by atoms with E-state index < -0.39 is 16.2 Å². The highest BCUT2D eigenvalue weighted by Gasteiger charge is 2.35. The van der Waals surface area contributed by atoms with Crippen molar-refractivity contribution >= 4 is 21.9 Å². The zero-order chi connectivity index (χ0) is 24.0. The van der Waals surface area contributed by atoms with Gasteiger partial charge >= 0.3 is 16.2 Å². The lowest BCUT2D eigenvalue weighted by molar-refractivity contribution is -0.143. The summed E-state index contributed by atoms with van der Waals surface area (Å²) < 4.78 is 40.8. The maximum Gasteiger partial charge on any atom is 0.321 e. The highest BCUT2D eigenvalue weighted by Crippen LogP contribution is 2.31. The molecule has 1 aliphatic heterocycles. The van der Waals surface area contributed by atoms with Crippen LogP contribution < -0.4 is 9.04 Å². The van der Waals surface area contributed by atoms with Crippen LogP contribution in [-0.4, -0.2) is 38.4 Å². The van der Waals surface area contributed by atoms with Crippen molar-refractivity contribution in [3.8, 4) is 5.75 Å². The quantitative estimate of drug-likeness (QED) is 0.411. The molecule has 3 aromatic carbocycles. The van der Waals surface area contributed by atoms with Gasteiger partial charge in [0.15, 0.2) is 0 Å². The van der Waals surface area contributed by atoms with E-state index in [0.717, 1.165) is 11.1 Å². The summed E-state index contributed by atoms with van der Waals surface area (Å²) >= 11 is 0. The van der Waals surface area contributed by atoms with E-state index >= 15 is 0 Å². The van der Waals surface area contributed by atoms with Crippen molar-refractivity contribution in [3.05, 3.63) is 95.6 Å². The van der Waals surface area contributed by atoms with Crippen LogP contribution >= 0.6 is 0 Å². The van der Waals surface area contributed by atoms with Gasteiger partial charge in [0, 0.05) is 13.1 Å². The molecule has 1 heterocycles. The molecule has 0 saturated heterocycles. The zero-order valence-corrected chi connectivity index (χ0v) is 19.9. The summed E-state index contributed by atoms with van der Waals surface area (Å²) in [5, 5.41) is 0. The number of hydrogen-bond donors (Lipinski definition) is 0. The molecule has 0 N–H and O–H groups in total. The molecule has 0 saturated carbocycles. The Balaban J connectivity index is 1.55. The van der Waals surface area contributed by atoms with Gasteiger partial charge in [0.05, 0.1) is 12.3 Å². The van der Waals surface area contributed by atoms with Crippen molar-refractivity contribution in [1.82, 2.24) is 4.31 Å². The molecule has 0 radical (unpaired) electrons. The second-order valence-electron chi connectivity index (χ2n) is 7.95. The summed E-state index contributed by atoms with van der Waals surface area (Å²) in [5.41, 5.74) is 3.37. The number of para-hydroxylation sites is 1. The number of nitrogens with zero attached hydrogens (tertiary/aromatic N) is 2. The van der Waals surface area contributed by atoms with Crippen LogP contribution in [0.1, 0.15) is 23.6 Å². The maximum atomic E-state index is 13.6. The largest absolute Gasteiger partial charge is 0.489 e. The first-order chi connectivity index (χ1) is 16.5. The number of benzene rings is 3. The smallest absolute Gasteiger partial charge is 0.321 e. The molecule has 8 heteroatoms. The lowest BCUT2D eigenvalue weighted by Gasteiger charge is -2.28. The predicted molar refractivity (Wildman–Crippen MR) is 131 cm³/mol. The van der Waals surface area contributed by atoms with Crippen LogP contribution in [0.3, 0.4) is 0 Å². The molecular weight excluding hydrogens is 452 g/mol. The topological polar surface area (TPSA) is 76.1 Å². The van der Waals surface area contributed by atoms with E-state index in [4.69, 9.17) is 9.47 Å². The molecule has 4 rings (SSSR count). The molecule has 0 spiro atoms. The number of anilines is 1. The molecule has 34 heavy (non-hydrogen) atoms. The van der Waals surface area contributed by atoms with Crippen molar-refractivity contribution in [3.63, 3.8) is 0 Å². The molecule has 178 valence electrons. The lowest BCUT2D eigenvalue weighted by atomic mass is 10.2. The van der Waals surface area contributed by atoms with Crippen LogP contribution in [0.25, 0.3) is 0 Å². The molecule has 0 atom stereocenters. The molecule has 0 fully saturated rings. The normalized spacial score (nSPS) is 13.1. The lowest BCUT2D eigenvalue weighted by Crippen LogP contribution is -2.45. The standard InChI is InChI=1S/C26H28N2O5S/c1-2-32-26(29)19-27(34(30,31)28-16-15-23-12-6-7-14-25(23)28)18-22-11-8-13-24(17-22)33-20-21-9-4-3-5-10-21/h3-14,17H,2,15-16,18-20H2,1H3. The average molecular weight is 481 g/mol. The highest BCUT2D eigenvalue weighted by molar-refractivity contribution is 7.90. The van der Waals surface area contributed by atoms with Gasteiger partial charge in [-0.1, -0.05) is 60.7 Å². The van der Waals surface area contributed by atoms with E-state index in [1.54, 1.807) is 19.1 Å². The minimum absolute atomic E-state index is 0.0162. The Kier molecular flexibility index (Phi) is 7.49. The number of ether oxygens (including phenoxy) is 2. The minimum atomic E-state index is -3.97. The van der Waals surface area contributed by atoms with Crippen LogP contribution in [0.2, 0.25) is 0 Å². The van der Waals surface area contributed by atoms with Crippen LogP contribution in [0.4, 0.5) is 5.69 Å². The van der Waals surface area contributed by atoms with Gasteiger partial charge in [-0.25, -0.2) is 0 Å². The van der Waals surface area contributed by atoms with Gasteiger partial charge in [-0.15, -0.1) is 0 Å². The second kappa shape index (κ2) is 10.7. The van der Waals surface area contributed by atoms with Gasteiger partial charge in [-0.2, -0.15) is 12.7 Å². The van der Waals surface area contributed by atoms with Crippen molar-refractivity contribution in [2.75, 3.05) is 24.0 Å². The average Bonchev–Trinajstić information content (AvgIpc) is 3.29. The highest BCUT2D eigenvalue weighted by atomic mass is 32.2. The van der Waals surface area contributed by atoms with E-state index in [0.29, 0.717) is 36.6 Å². The van der Waals surface area contributed by atoms with Crippen LogP contribution in [0.5, 0.6) is 5.75 Å². The number of fused-ring (bicyclic) bond motifs is 1. The monoisotopic (exact) mass is 480 g/mol. The van der Waals surface area contributed by atoms with Gasteiger partial charge in [0.25, 0.3) is 0 Å². The fourth-order valence-electron chi connectivity index (χ4n) is 3.93. The Morgan fingerprint density at radius 2 is 1.71 bits per heavy atom. The summed E-state index contributed by atoms with van der Waals surface area (Å²) in [4.78, 5) is 12.3. The first-order valence-electron chi connectivity index (χ1n) is 11.2. The molecule has 0 aliphatic carbocycles. The molecule has 0 unspecified atom stereocenters. The van der Waals surface area contributed by atoms with Crippen LogP contribution in [0.15, 0.2) is 78.9 Å². The summed E-state index contributed by atoms with van der Waals surface area (Å²) in [6.45, 7) is 2.26. The second-order valence-corrected chi connectivity index (χ2v) is 9.81. The molecule has 3 aromatic rings. The number of carbonyl (C=O) groups excluding carboxylic acids is 1. The molecular formula is C26H28N2O5S. The van der Waals surface area contributed by atoms with E-state index in [1.165, 1.54) is 8.61 Å². The van der Waals surface area contributed by atoms with Gasteiger partial charge in [0.2, 0.25) is 0 Å². The van der Waals surface area contributed by atoms with Crippen molar-refractivity contribution < 1.29 is 22.7 Å². The van der Waals surface area contributed by atoms with Crippen molar-refractivity contribution in [2.45, 2.75) is 26.5 Å². The Morgan fingerprint density at radius 3 is 2.50 bits per heavy atom. The summed E-state index contributed by atoms with van der Waals surface area (Å²) in [6.07, 6.45) is 0.630. The molecule has 1 aliphatic rings. The van der Waals surface area contributed by atoms with E-state index in [1.807, 2.05) is 66.7 Å². The molecule has 0 aromatic heterocycles. The Morgan fingerprint density at radius 1 is 0.971 bits per heavy atom. The number of rotatable bonds is 10. The van der Waals surface area contributed by atoms with Gasteiger partial charge < -0.3 is 9.47 Å². The number of hydrogen-bond acceptors (Lipinski definition) is 5. The molecule has 7 nitrogen and oxygen atoms in total. The Bertz CT molecular complexity index is 1230. The van der Waals surface area contributed by atoms with Gasteiger partial charge in [-0.3, -0.25) is 9.10 Å². The number of esters is 1. The summed E-state index contributed by atoms with van der Waals surface area (Å²) in [5.74, 6) is 0.0383. The first kappa shape index (κ1) is 23.8. The molecule has 0 bridgehead atoms. The SMILES string of the molecule is CCOC(=O)CN(Cc1cccc(OCc2ccccc2)c1)S(=O)(=O)N1CCc2ccccc21. The predicted octanol–water partition coefficient (Wildman–Crippen LogP) is 3.94. The van der Waals surface area contributed by atoms with Gasteiger partial charge in [0.1, 0.15) is 18.9 Å². The maximum absolute atomic E-state index is 13.6.